The third kappa shape index (κ3) is 5.17. The van der Waals surface area contributed by atoms with E-state index in [2.05, 4.69) is 10.4 Å². The van der Waals surface area contributed by atoms with Crippen molar-refractivity contribution in [1.29, 1.82) is 0 Å². The molecule has 230 valence electrons. The minimum atomic E-state index is -4.78. The number of carbonyl (C=O) groups is 3. The van der Waals surface area contributed by atoms with Gasteiger partial charge in [-0.15, -0.1) is 0 Å². The van der Waals surface area contributed by atoms with Gasteiger partial charge >= 0.3 is 12.2 Å². The third-order valence-corrected chi connectivity index (χ3v) is 8.47. The monoisotopic (exact) mass is 604 g/mol. The van der Waals surface area contributed by atoms with Crippen LogP contribution in [0.5, 0.6) is 0 Å². The summed E-state index contributed by atoms with van der Waals surface area (Å²) in [7, 11) is 3.31. The lowest BCUT2D eigenvalue weighted by Gasteiger charge is -2.46. The normalized spacial score (nSPS) is 19.5. The maximum Gasteiger partial charge on any atom is 0.416 e. The van der Waals surface area contributed by atoms with Gasteiger partial charge in [-0.1, -0.05) is 13.8 Å². The zero-order valence-corrected chi connectivity index (χ0v) is 24.0. The van der Waals surface area contributed by atoms with Crippen LogP contribution in [0.3, 0.4) is 0 Å². The number of benzene rings is 2. The molecule has 2 aromatic carbocycles. The molecule has 3 aromatic rings. The molecule has 5 rings (SSSR count). The molecule has 2 saturated heterocycles. The summed E-state index contributed by atoms with van der Waals surface area (Å²) in [5.74, 6) is -3.26. The topological polar surface area (TPSA) is 111 Å². The Balaban J connectivity index is 1.35. The highest BCUT2D eigenvalue weighted by Gasteiger charge is 2.57. The van der Waals surface area contributed by atoms with Crippen LogP contribution in [0.2, 0.25) is 0 Å². The van der Waals surface area contributed by atoms with E-state index in [0.717, 1.165) is 10.9 Å². The summed E-state index contributed by atoms with van der Waals surface area (Å²) in [5, 5.41) is 18.7. The number of urea groups is 1. The van der Waals surface area contributed by atoms with E-state index < -0.39 is 64.7 Å². The predicted molar refractivity (Wildman–Crippen MR) is 148 cm³/mol. The van der Waals surface area contributed by atoms with Crippen molar-refractivity contribution in [2.45, 2.75) is 50.7 Å². The fraction of sp³-hybridized carbons (Fsp3) is 0.448. The molecular formula is C29H32F4N6O4. The van der Waals surface area contributed by atoms with E-state index in [-0.39, 0.29) is 25.9 Å². The first-order valence-electron chi connectivity index (χ1n) is 13.8. The molecule has 0 bridgehead atoms. The van der Waals surface area contributed by atoms with Gasteiger partial charge in [-0.05, 0) is 55.2 Å². The van der Waals surface area contributed by atoms with E-state index in [0.29, 0.717) is 23.9 Å². The molecule has 2 fully saturated rings. The van der Waals surface area contributed by atoms with Gasteiger partial charge in [-0.2, -0.15) is 18.3 Å². The maximum absolute atomic E-state index is 14.4. The average molecular weight is 605 g/mol. The molecule has 0 aliphatic carbocycles. The number of carbonyl (C=O) groups excluding carboxylic acids is 3. The first-order chi connectivity index (χ1) is 20.2. The molecule has 2 aliphatic heterocycles. The number of hydrogen-bond donors (Lipinski definition) is 2. The largest absolute Gasteiger partial charge is 0.416 e. The van der Waals surface area contributed by atoms with Gasteiger partial charge in [0.25, 0.3) is 5.91 Å². The van der Waals surface area contributed by atoms with Crippen molar-refractivity contribution < 1.29 is 37.1 Å². The predicted octanol–water partition coefficient (Wildman–Crippen LogP) is 3.74. The highest BCUT2D eigenvalue weighted by molar-refractivity contribution is 5.99. The Morgan fingerprint density at radius 2 is 1.77 bits per heavy atom. The smallest absolute Gasteiger partial charge is 0.371 e. The van der Waals surface area contributed by atoms with Crippen molar-refractivity contribution in [3.05, 3.63) is 59.5 Å². The summed E-state index contributed by atoms with van der Waals surface area (Å²) in [4.78, 5) is 44.1. The van der Waals surface area contributed by atoms with Gasteiger partial charge in [0, 0.05) is 38.3 Å². The summed E-state index contributed by atoms with van der Waals surface area (Å²) in [5.41, 5.74) is -1.61. The number of aliphatic hydroxyl groups excluding tert-OH is 1. The van der Waals surface area contributed by atoms with Crippen LogP contribution in [0, 0.1) is 11.7 Å². The number of aryl methyl sites for hydroxylation is 1. The fourth-order valence-electron chi connectivity index (χ4n) is 5.99. The molecule has 2 atom stereocenters. The maximum atomic E-state index is 14.4. The Hall–Kier alpha value is -4.20. The molecule has 1 aromatic heterocycles. The Kier molecular flexibility index (Phi) is 7.61. The lowest BCUT2D eigenvalue weighted by Crippen LogP contribution is -2.61. The van der Waals surface area contributed by atoms with E-state index >= 15 is 0 Å². The number of fused-ring (bicyclic) bond motifs is 1. The molecule has 10 nitrogen and oxygen atoms in total. The second kappa shape index (κ2) is 10.8. The van der Waals surface area contributed by atoms with Crippen LogP contribution in [-0.4, -0.2) is 80.5 Å². The van der Waals surface area contributed by atoms with Gasteiger partial charge in [0.1, 0.15) is 11.9 Å². The average Bonchev–Trinajstić information content (AvgIpc) is 3.41. The molecule has 1 unspecified atom stereocenters. The summed E-state index contributed by atoms with van der Waals surface area (Å²) in [6.45, 7) is 3.56. The number of nitrogens with zero attached hydrogens (tertiary/aromatic N) is 5. The molecule has 2 N–H and O–H groups in total. The molecule has 0 radical (unpaired) electrons. The number of piperidine rings is 1. The van der Waals surface area contributed by atoms with Crippen molar-refractivity contribution in [2.75, 3.05) is 25.0 Å². The van der Waals surface area contributed by atoms with Crippen LogP contribution in [0.4, 0.5) is 28.0 Å². The van der Waals surface area contributed by atoms with E-state index in [1.807, 2.05) is 12.1 Å². The number of hydrogen-bond acceptors (Lipinski definition) is 5. The molecule has 14 heteroatoms. The molecule has 3 heterocycles. The Morgan fingerprint density at radius 3 is 2.40 bits per heavy atom. The van der Waals surface area contributed by atoms with Gasteiger partial charge in [-0.3, -0.25) is 24.1 Å². The quantitative estimate of drug-likeness (QED) is 0.432. The number of alkyl halides is 3. The van der Waals surface area contributed by atoms with Crippen molar-refractivity contribution in [1.82, 2.24) is 24.9 Å². The first-order valence-corrected chi connectivity index (χ1v) is 13.8. The number of anilines is 1. The lowest BCUT2D eigenvalue weighted by molar-refractivity contribution is -0.138. The SMILES string of the molecule is CC(C)[C@@H](NC(=O)c1cc(C(F)(F)F)ccc1F)C(=O)N1CCC2(CC1)C(O)N(C)C(=O)N2c1ccc2c(cnn2C)c1. The van der Waals surface area contributed by atoms with Crippen LogP contribution >= 0.6 is 0 Å². The second-order valence-electron chi connectivity index (χ2n) is 11.4. The van der Waals surface area contributed by atoms with Crippen LogP contribution in [0.1, 0.15) is 42.6 Å². The number of likely N-dealkylation sites (N-methyl/N-ethyl adjacent to an activating group) is 1. The Bertz CT molecular complexity index is 1580. The van der Waals surface area contributed by atoms with Crippen molar-refractivity contribution in [2.24, 2.45) is 13.0 Å². The molecular weight excluding hydrogens is 572 g/mol. The third-order valence-electron chi connectivity index (χ3n) is 8.47. The number of aromatic nitrogens is 2. The molecule has 4 amide bonds. The van der Waals surface area contributed by atoms with Gasteiger partial charge in [-0.25, -0.2) is 9.18 Å². The summed E-state index contributed by atoms with van der Waals surface area (Å²) in [6, 6.07) is 5.42. The van der Waals surface area contributed by atoms with Crippen molar-refractivity contribution in [3.8, 4) is 0 Å². The fourth-order valence-corrected chi connectivity index (χ4v) is 5.99. The van der Waals surface area contributed by atoms with Crippen molar-refractivity contribution >= 4 is 34.4 Å². The van der Waals surface area contributed by atoms with Crippen molar-refractivity contribution in [3.63, 3.8) is 0 Å². The van der Waals surface area contributed by atoms with Gasteiger partial charge in [0.05, 0.1) is 28.4 Å². The van der Waals surface area contributed by atoms with Crippen LogP contribution < -0.4 is 10.2 Å². The number of amides is 4. The molecule has 1 spiro atoms. The summed E-state index contributed by atoms with van der Waals surface area (Å²) >= 11 is 0. The van der Waals surface area contributed by atoms with E-state index in [1.165, 1.54) is 16.8 Å². The number of nitrogens with one attached hydrogen (secondary N) is 1. The molecule has 0 saturated carbocycles. The van der Waals surface area contributed by atoms with Crippen LogP contribution in [0.15, 0.2) is 42.6 Å². The van der Waals surface area contributed by atoms with E-state index in [9.17, 15) is 37.1 Å². The number of aliphatic hydroxyl groups is 1. The van der Waals surface area contributed by atoms with Gasteiger partial charge < -0.3 is 15.3 Å². The van der Waals surface area contributed by atoms with Crippen LogP contribution in [0.25, 0.3) is 10.9 Å². The Labute approximate surface area is 244 Å². The summed E-state index contributed by atoms with van der Waals surface area (Å²) < 4.78 is 55.6. The highest BCUT2D eigenvalue weighted by Crippen LogP contribution is 2.43. The summed E-state index contributed by atoms with van der Waals surface area (Å²) in [6.07, 6.45) is -3.84. The number of rotatable bonds is 5. The van der Waals surface area contributed by atoms with Gasteiger partial charge in [0.15, 0.2) is 6.23 Å². The lowest BCUT2D eigenvalue weighted by atomic mass is 9.84. The number of halogens is 4. The highest BCUT2D eigenvalue weighted by atomic mass is 19.4. The minimum Gasteiger partial charge on any atom is -0.371 e. The van der Waals surface area contributed by atoms with Crippen LogP contribution in [-0.2, 0) is 18.0 Å². The van der Waals surface area contributed by atoms with E-state index in [1.54, 1.807) is 42.7 Å². The zero-order valence-electron chi connectivity index (χ0n) is 24.0. The molecule has 2 aliphatic rings. The Morgan fingerprint density at radius 1 is 1.09 bits per heavy atom. The van der Waals surface area contributed by atoms with Gasteiger partial charge in [0.2, 0.25) is 5.91 Å². The second-order valence-corrected chi connectivity index (χ2v) is 11.4. The number of likely N-dealkylation sites (tertiary alicyclic amines) is 1. The molecule has 43 heavy (non-hydrogen) atoms. The first kappa shape index (κ1) is 30.3. The van der Waals surface area contributed by atoms with E-state index in [4.69, 9.17) is 0 Å². The zero-order chi connectivity index (χ0) is 31.4. The minimum absolute atomic E-state index is 0.125. The standard InChI is InChI=1S/C29H32F4N6O4/c1-16(2)23(35-24(40)20-14-18(29(31,32)33)5-7-21(20)30)25(41)38-11-9-28(10-12-38)26(42)36(3)27(43)39(28)19-6-8-22-17(13-19)15-34-37(22)4/h5-8,13-16,23,26,42H,9-12H2,1-4H3,(H,35,40)/t23-,26?/m1/s1.